The van der Waals surface area contributed by atoms with E-state index in [1.165, 1.54) is 5.56 Å². The third-order valence-electron chi connectivity index (χ3n) is 2.31. The molecule has 68 valence electrons. The first-order valence-corrected chi connectivity index (χ1v) is 4.52. The van der Waals surface area contributed by atoms with E-state index in [0.717, 1.165) is 24.0 Å². The van der Waals surface area contributed by atoms with Gasteiger partial charge in [0.25, 0.3) is 0 Å². The van der Waals surface area contributed by atoms with Crippen molar-refractivity contribution in [3.63, 3.8) is 0 Å². The van der Waals surface area contributed by atoms with Crippen LogP contribution in [0.5, 0.6) is 5.75 Å². The summed E-state index contributed by atoms with van der Waals surface area (Å²) in [7, 11) is 0. The molecule has 2 heteroatoms. The first-order chi connectivity index (χ1) is 6.31. The van der Waals surface area contributed by atoms with Gasteiger partial charge in [-0.05, 0) is 12.5 Å². The van der Waals surface area contributed by atoms with E-state index < -0.39 is 0 Å². The lowest BCUT2D eigenvalue weighted by molar-refractivity contribution is -0.107. The number of hydrogen-bond donors (Lipinski definition) is 0. The molecule has 0 fully saturated rings. The van der Waals surface area contributed by atoms with Crippen LogP contribution >= 0.6 is 0 Å². The second-order valence-corrected chi connectivity index (χ2v) is 3.41. The van der Waals surface area contributed by atoms with Crippen LogP contribution in [0.25, 0.3) is 0 Å². The van der Waals surface area contributed by atoms with Crippen LogP contribution in [0.2, 0.25) is 0 Å². The number of carbonyl (C=O) groups excluding carboxylic acids is 1. The summed E-state index contributed by atoms with van der Waals surface area (Å²) in [6.07, 6.45) is 2.59. The summed E-state index contributed by atoms with van der Waals surface area (Å²) in [5.74, 6) is 0.933. The maximum absolute atomic E-state index is 10.4. The molecule has 1 aromatic carbocycles. The van der Waals surface area contributed by atoms with Gasteiger partial charge in [-0.25, -0.2) is 0 Å². The number of ether oxygens (including phenoxy) is 1. The zero-order valence-corrected chi connectivity index (χ0v) is 7.62. The van der Waals surface area contributed by atoms with E-state index in [4.69, 9.17) is 4.74 Å². The smallest absolute Gasteiger partial charge is 0.126 e. The minimum Gasteiger partial charge on any atom is -0.490 e. The Kier molecular flexibility index (Phi) is 2.05. The molecule has 0 saturated heterocycles. The highest BCUT2D eigenvalue weighted by molar-refractivity contribution is 5.59. The van der Waals surface area contributed by atoms with E-state index in [-0.39, 0.29) is 6.10 Å². The topological polar surface area (TPSA) is 26.3 Å². The van der Waals surface area contributed by atoms with Crippen LogP contribution < -0.4 is 4.74 Å². The monoisotopic (exact) mass is 176 g/mol. The van der Waals surface area contributed by atoms with Crippen molar-refractivity contribution >= 4 is 6.29 Å². The number of carbonyl (C=O) groups is 1. The molecule has 1 unspecified atom stereocenters. The van der Waals surface area contributed by atoms with Crippen molar-refractivity contribution in [2.45, 2.75) is 25.9 Å². The zero-order chi connectivity index (χ0) is 9.26. The highest BCUT2D eigenvalue weighted by atomic mass is 16.5. The van der Waals surface area contributed by atoms with Gasteiger partial charge in [-0.1, -0.05) is 18.2 Å². The largest absolute Gasteiger partial charge is 0.490 e. The molecule has 1 aliphatic rings. The maximum atomic E-state index is 10.4. The summed E-state index contributed by atoms with van der Waals surface area (Å²) in [6.45, 7) is 2.05. The number of hydrogen-bond acceptors (Lipinski definition) is 2. The summed E-state index contributed by atoms with van der Waals surface area (Å²) in [5.41, 5.74) is 2.24. The highest BCUT2D eigenvalue weighted by Gasteiger charge is 2.20. The number of aldehydes is 1. The maximum Gasteiger partial charge on any atom is 0.126 e. The van der Waals surface area contributed by atoms with Gasteiger partial charge in [0, 0.05) is 18.4 Å². The number of benzene rings is 1. The van der Waals surface area contributed by atoms with Crippen LogP contribution in [0, 0.1) is 0 Å². The van der Waals surface area contributed by atoms with E-state index in [2.05, 4.69) is 6.07 Å². The van der Waals surface area contributed by atoms with Gasteiger partial charge < -0.3 is 9.53 Å². The molecular weight excluding hydrogens is 164 g/mol. The predicted molar refractivity (Wildman–Crippen MR) is 50.0 cm³/mol. The van der Waals surface area contributed by atoms with Gasteiger partial charge in [-0.3, -0.25) is 0 Å². The first kappa shape index (κ1) is 8.30. The molecule has 0 spiro atoms. The van der Waals surface area contributed by atoms with Gasteiger partial charge in [0.15, 0.2) is 0 Å². The lowest BCUT2D eigenvalue weighted by Crippen LogP contribution is -2.06. The lowest BCUT2D eigenvalue weighted by Gasteiger charge is -2.06. The Bertz CT molecular complexity index is 331. The van der Waals surface area contributed by atoms with Gasteiger partial charge in [0.1, 0.15) is 18.1 Å². The van der Waals surface area contributed by atoms with E-state index >= 15 is 0 Å². The standard InChI is InChI=1S/C11H12O2/c1-8-7-10-4-2-3-9(5-6-12)11(10)13-8/h2-4,6,8H,5,7H2,1H3. The Balaban J connectivity index is 2.39. The third-order valence-corrected chi connectivity index (χ3v) is 2.31. The zero-order valence-electron chi connectivity index (χ0n) is 7.62. The number of fused-ring (bicyclic) bond motifs is 1. The molecule has 1 atom stereocenters. The van der Waals surface area contributed by atoms with Crippen LogP contribution in [-0.2, 0) is 17.6 Å². The van der Waals surface area contributed by atoms with Crippen LogP contribution in [0.15, 0.2) is 18.2 Å². The first-order valence-electron chi connectivity index (χ1n) is 4.52. The molecule has 1 heterocycles. The Morgan fingerprint density at radius 1 is 1.62 bits per heavy atom. The molecule has 0 saturated carbocycles. The molecule has 0 N–H and O–H groups in total. The van der Waals surface area contributed by atoms with E-state index in [1.807, 2.05) is 19.1 Å². The molecule has 2 rings (SSSR count). The Morgan fingerprint density at radius 3 is 3.23 bits per heavy atom. The van der Waals surface area contributed by atoms with Crippen molar-refractivity contribution in [1.82, 2.24) is 0 Å². The summed E-state index contributed by atoms with van der Waals surface area (Å²) in [4.78, 5) is 10.4. The molecule has 0 aromatic heterocycles. The summed E-state index contributed by atoms with van der Waals surface area (Å²) >= 11 is 0. The van der Waals surface area contributed by atoms with Gasteiger partial charge >= 0.3 is 0 Å². The summed E-state index contributed by atoms with van der Waals surface area (Å²) in [6, 6.07) is 6.00. The quantitative estimate of drug-likeness (QED) is 0.642. The van der Waals surface area contributed by atoms with Gasteiger partial charge in [0.05, 0.1) is 0 Å². The van der Waals surface area contributed by atoms with E-state index in [9.17, 15) is 4.79 Å². The van der Waals surface area contributed by atoms with Gasteiger partial charge in [-0.2, -0.15) is 0 Å². The van der Waals surface area contributed by atoms with Crippen LogP contribution in [0.3, 0.4) is 0 Å². The normalized spacial score (nSPS) is 19.3. The van der Waals surface area contributed by atoms with Gasteiger partial charge in [0.2, 0.25) is 0 Å². The van der Waals surface area contributed by atoms with Crippen molar-refractivity contribution in [3.05, 3.63) is 29.3 Å². The molecule has 2 nitrogen and oxygen atoms in total. The van der Waals surface area contributed by atoms with E-state index in [0.29, 0.717) is 6.42 Å². The van der Waals surface area contributed by atoms with Crippen molar-refractivity contribution in [3.8, 4) is 5.75 Å². The minimum absolute atomic E-state index is 0.253. The average molecular weight is 176 g/mol. The van der Waals surface area contributed by atoms with E-state index in [1.54, 1.807) is 0 Å². The minimum atomic E-state index is 0.253. The molecule has 0 bridgehead atoms. The molecule has 0 radical (unpaired) electrons. The van der Waals surface area contributed by atoms with Crippen molar-refractivity contribution in [1.29, 1.82) is 0 Å². The predicted octanol–water partition coefficient (Wildman–Crippen LogP) is 1.75. The SMILES string of the molecule is CC1Cc2cccc(CC=O)c2O1. The molecule has 1 aliphatic heterocycles. The average Bonchev–Trinajstić information content (AvgIpc) is 2.47. The second-order valence-electron chi connectivity index (χ2n) is 3.41. The molecular formula is C11H12O2. The van der Waals surface area contributed by atoms with Gasteiger partial charge in [-0.15, -0.1) is 0 Å². The van der Waals surface area contributed by atoms with Crippen molar-refractivity contribution in [2.75, 3.05) is 0 Å². The third kappa shape index (κ3) is 1.44. The Hall–Kier alpha value is -1.31. The molecule has 0 aliphatic carbocycles. The van der Waals surface area contributed by atoms with Crippen molar-refractivity contribution in [2.24, 2.45) is 0 Å². The summed E-state index contributed by atoms with van der Waals surface area (Å²) < 4.78 is 5.63. The summed E-state index contributed by atoms with van der Waals surface area (Å²) in [5, 5.41) is 0. The van der Waals surface area contributed by atoms with Crippen molar-refractivity contribution < 1.29 is 9.53 Å². The van der Waals surface area contributed by atoms with Crippen LogP contribution in [-0.4, -0.2) is 12.4 Å². The fraction of sp³-hybridized carbons (Fsp3) is 0.364. The highest BCUT2D eigenvalue weighted by Crippen LogP contribution is 2.32. The lowest BCUT2D eigenvalue weighted by atomic mass is 10.1. The molecule has 0 amide bonds. The van der Waals surface area contributed by atoms with Crippen LogP contribution in [0.1, 0.15) is 18.1 Å². The fourth-order valence-electron chi connectivity index (χ4n) is 1.75. The molecule has 13 heavy (non-hydrogen) atoms. The number of para-hydroxylation sites is 1. The van der Waals surface area contributed by atoms with Crippen LogP contribution in [0.4, 0.5) is 0 Å². The Morgan fingerprint density at radius 2 is 2.46 bits per heavy atom. The number of rotatable bonds is 2. The molecule has 1 aromatic rings. The fourth-order valence-corrected chi connectivity index (χ4v) is 1.75. The second kappa shape index (κ2) is 3.21. The Labute approximate surface area is 77.5 Å².